The molecule has 0 radical (unpaired) electrons. The summed E-state index contributed by atoms with van der Waals surface area (Å²) >= 11 is 1.42. The minimum absolute atomic E-state index is 0.0766. The highest BCUT2D eigenvalue weighted by atomic mass is 32.2. The van der Waals surface area contributed by atoms with Crippen molar-refractivity contribution in [1.29, 1.82) is 5.26 Å². The fraction of sp³-hybridized carbons (Fsp3) is 0.571. The Balaban J connectivity index is 2.77. The Labute approximate surface area is 75.6 Å². The fourth-order valence-electron chi connectivity index (χ4n) is 0.675. The lowest BCUT2D eigenvalue weighted by atomic mass is 10.5. The van der Waals surface area contributed by atoms with Gasteiger partial charge in [-0.15, -0.1) is 10.2 Å². The molecule has 1 rings (SSSR count). The number of thioether (sulfide) groups is 1. The van der Waals surface area contributed by atoms with Crippen LogP contribution >= 0.6 is 11.8 Å². The van der Waals surface area contributed by atoms with Gasteiger partial charge in [0.25, 0.3) is 0 Å². The van der Waals surface area contributed by atoms with Crippen LogP contribution in [0.1, 0.15) is 12.7 Å². The first kappa shape index (κ1) is 9.07. The van der Waals surface area contributed by atoms with E-state index < -0.39 is 0 Å². The molecule has 1 unspecified atom stereocenters. The molecule has 0 aliphatic carbocycles. The van der Waals surface area contributed by atoms with Gasteiger partial charge in [0.05, 0.1) is 11.3 Å². The van der Waals surface area contributed by atoms with Crippen molar-refractivity contribution in [3.8, 4) is 6.07 Å². The number of rotatable bonds is 2. The van der Waals surface area contributed by atoms with Gasteiger partial charge in [-0.1, -0.05) is 11.8 Å². The maximum absolute atomic E-state index is 8.57. The molecule has 1 heterocycles. The van der Waals surface area contributed by atoms with E-state index in [1.807, 2.05) is 25.5 Å². The molecule has 1 aromatic heterocycles. The average molecular weight is 182 g/mol. The van der Waals surface area contributed by atoms with Crippen molar-refractivity contribution in [2.24, 2.45) is 7.05 Å². The van der Waals surface area contributed by atoms with E-state index in [-0.39, 0.29) is 5.25 Å². The number of hydrogen-bond donors (Lipinski definition) is 0. The molecular weight excluding hydrogens is 172 g/mol. The number of nitrogens with zero attached hydrogens (tertiary/aromatic N) is 4. The van der Waals surface area contributed by atoms with Gasteiger partial charge < -0.3 is 4.57 Å². The standard InChI is InChI=1S/C7H10N4S/c1-5(4-8)12-7-10-9-6(2)11(7)3/h5H,1-3H3. The van der Waals surface area contributed by atoms with Gasteiger partial charge >= 0.3 is 0 Å². The third-order valence-corrected chi connectivity index (χ3v) is 2.54. The van der Waals surface area contributed by atoms with Crippen molar-refractivity contribution in [2.45, 2.75) is 24.3 Å². The first-order valence-corrected chi connectivity index (χ1v) is 4.45. The summed E-state index contributed by atoms with van der Waals surface area (Å²) in [5, 5.41) is 17.1. The van der Waals surface area contributed by atoms with Crippen LogP contribution in [0, 0.1) is 18.3 Å². The number of aromatic nitrogens is 3. The summed E-state index contributed by atoms with van der Waals surface area (Å²) in [4.78, 5) is 0. The molecule has 0 fully saturated rings. The smallest absolute Gasteiger partial charge is 0.192 e. The Morgan fingerprint density at radius 2 is 2.25 bits per heavy atom. The van der Waals surface area contributed by atoms with E-state index in [9.17, 15) is 0 Å². The summed E-state index contributed by atoms with van der Waals surface area (Å²) < 4.78 is 1.87. The molecule has 0 spiro atoms. The van der Waals surface area contributed by atoms with Crippen molar-refractivity contribution in [1.82, 2.24) is 14.8 Å². The molecule has 0 aliphatic rings. The molecule has 0 aliphatic heterocycles. The van der Waals surface area contributed by atoms with E-state index in [1.54, 1.807) is 0 Å². The SMILES string of the molecule is Cc1nnc(SC(C)C#N)n1C. The van der Waals surface area contributed by atoms with E-state index in [4.69, 9.17) is 5.26 Å². The van der Waals surface area contributed by atoms with Crippen molar-refractivity contribution >= 4 is 11.8 Å². The van der Waals surface area contributed by atoms with E-state index in [1.165, 1.54) is 11.8 Å². The molecule has 12 heavy (non-hydrogen) atoms. The lowest BCUT2D eigenvalue weighted by Crippen LogP contribution is -1.97. The summed E-state index contributed by atoms with van der Waals surface area (Å²) in [6.07, 6.45) is 0. The van der Waals surface area contributed by atoms with Gasteiger partial charge in [-0.2, -0.15) is 5.26 Å². The third kappa shape index (κ3) is 1.77. The summed E-state index contributed by atoms with van der Waals surface area (Å²) in [5.41, 5.74) is 0. The first-order valence-electron chi connectivity index (χ1n) is 3.57. The minimum atomic E-state index is -0.0766. The van der Waals surface area contributed by atoms with E-state index in [2.05, 4.69) is 16.3 Å². The molecule has 0 N–H and O–H groups in total. The van der Waals surface area contributed by atoms with Gasteiger partial charge in [0.2, 0.25) is 0 Å². The largest absolute Gasteiger partial charge is 0.309 e. The normalized spacial score (nSPS) is 12.5. The van der Waals surface area contributed by atoms with Gasteiger partial charge in [-0.3, -0.25) is 0 Å². The second-order valence-electron chi connectivity index (χ2n) is 2.48. The van der Waals surface area contributed by atoms with Crippen LogP contribution in [0.25, 0.3) is 0 Å². The average Bonchev–Trinajstić information content (AvgIpc) is 2.36. The van der Waals surface area contributed by atoms with Gasteiger partial charge in [0, 0.05) is 7.05 Å². The molecule has 5 heteroatoms. The molecule has 0 amide bonds. The topological polar surface area (TPSA) is 54.5 Å². The minimum Gasteiger partial charge on any atom is -0.309 e. The van der Waals surface area contributed by atoms with Crippen LogP contribution in [0.2, 0.25) is 0 Å². The molecule has 1 atom stereocenters. The van der Waals surface area contributed by atoms with Crippen LogP contribution in [-0.2, 0) is 7.05 Å². The summed E-state index contributed by atoms with van der Waals surface area (Å²) in [6, 6.07) is 2.13. The molecule has 0 saturated heterocycles. The summed E-state index contributed by atoms with van der Waals surface area (Å²) in [7, 11) is 1.89. The van der Waals surface area contributed by atoms with Crippen molar-refractivity contribution in [2.75, 3.05) is 0 Å². The van der Waals surface area contributed by atoms with Crippen molar-refractivity contribution in [3.63, 3.8) is 0 Å². The highest BCUT2D eigenvalue weighted by molar-refractivity contribution is 8.00. The second kappa shape index (κ2) is 3.59. The quantitative estimate of drug-likeness (QED) is 0.643. The zero-order valence-corrected chi connectivity index (χ0v) is 8.09. The molecule has 0 saturated carbocycles. The maximum Gasteiger partial charge on any atom is 0.192 e. The van der Waals surface area contributed by atoms with Crippen LogP contribution in [-0.4, -0.2) is 20.0 Å². The Kier molecular flexibility index (Phi) is 2.71. The van der Waals surface area contributed by atoms with Crippen LogP contribution < -0.4 is 0 Å². The van der Waals surface area contributed by atoms with E-state index in [0.717, 1.165) is 11.0 Å². The molecule has 0 aromatic carbocycles. The molecule has 64 valence electrons. The predicted octanol–water partition coefficient (Wildman–Crippen LogP) is 1.13. The Morgan fingerprint density at radius 1 is 1.58 bits per heavy atom. The number of nitriles is 1. The number of aryl methyl sites for hydroxylation is 1. The highest BCUT2D eigenvalue weighted by Gasteiger charge is 2.09. The van der Waals surface area contributed by atoms with Gasteiger partial charge in [-0.05, 0) is 13.8 Å². The Bertz CT molecular complexity index is 312. The van der Waals surface area contributed by atoms with Crippen molar-refractivity contribution in [3.05, 3.63) is 5.82 Å². The lowest BCUT2D eigenvalue weighted by molar-refractivity contribution is 0.764. The van der Waals surface area contributed by atoms with Crippen LogP contribution in [0.15, 0.2) is 5.16 Å². The Morgan fingerprint density at radius 3 is 2.67 bits per heavy atom. The zero-order chi connectivity index (χ0) is 9.14. The maximum atomic E-state index is 8.57. The molecule has 0 bridgehead atoms. The van der Waals surface area contributed by atoms with Gasteiger partial charge in [0.1, 0.15) is 5.82 Å². The molecular formula is C7H10N4S. The predicted molar refractivity (Wildman–Crippen MR) is 46.7 cm³/mol. The second-order valence-corrected chi connectivity index (χ2v) is 3.79. The molecule has 4 nitrogen and oxygen atoms in total. The van der Waals surface area contributed by atoms with Crippen LogP contribution in [0.4, 0.5) is 0 Å². The van der Waals surface area contributed by atoms with Crippen LogP contribution in [0.3, 0.4) is 0 Å². The van der Waals surface area contributed by atoms with E-state index in [0.29, 0.717) is 0 Å². The zero-order valence-electron chi connectivity index (χ0n) is 7.27. The summed E-state index contributed by atoms with van der Waals surface area (Å²) in [5.74, 6) is 0.864. The third-order valence-electron chi connectivity index (χ3n) is 1.52. The van der Waals surface area contributed by atoms with Crippen LogP contribution in [0.5, 0.6) is 0 Å². The lowest BCUT2D eigenvalue weighted by Gasteiger charge is -2.00. The Hall–Kier alpha value is -1.02. The van der Waals surface area contributed by atoms with E-state index >= 15 is 0 Å². The molecule has 1 aromatic rings. The van der Waals surface area contributed by atoms with Gasteiger partial charge in [0.15, 0.2) is 5.16 Å². The number of hydrogen-bond acceptors (Lipinski definition) is 4. The summed E-state index contributed by atoms with van der Waals surface area (Å²) in [6.45, 7) is 3.72. The highest BCUT2D eigenvalue weighted by Crippen LogP contribution is 2.19. The monoisotopic (exact) mass is 182 g/mol. The fourth-order valence-corrected chi connectivity index (χ4v) is 1.42. The van der Waals surface area contributed by atoms with Crippen molar-refractivity contribution < 1.29 is 0 Å². The van der Waals surface area contributed by atoms with Gasteiger partial charge in [-0.25, -0.2) is 0 Å². The first-order chi connectivity index (χ1) is 5.65.